The number of aromatic nitrogens is 4. The van der Waals surface area contributed by atoms with Gasteiger partial charge in [-0.2, -0.15) is 4.98 Å². The number of rotatable bonds is 6. The van der Waals surface area contributed by atoms with E-state index in [1.54, 1.807) is 19.6 Å². The summed E-state index contributed by atoms with van der Waals surface area (Å²) in [5.41, 5.74) is 4.99. The number of ether oxygens (including phenoxy) is 1. The Balaban J connectivity index is 1.50. The molecule has 1 aliphatic heterocycles. The molecule has 1 unspecified atom stereocenters. The number of nitrogens with one attached hydrogen (secondary N) is 3. The van der Waals surface area contributed by atoms with Crippen LogP contribution in [-0.4, -0.2) is 40.2 Å². The van der Waals surface area contributed by atoms with Gasteiger partial charge >= 0.3 is 0 Å². The molecular formula is C24H24ClN7O. The van der Waals surface area contributed by atoms with Gasteiger partial charge in [0.2, 0.25) is 5.95 Å². The van der Waals surface area contributed by atoms with Crippen molar-refractivity contribution in [1.82, 2.24) is 24.8 Å². The largest absolute Gasteiger partial charge is 0.494 e. The molecule has 1 atom stereocenters. The third kappa shape index (κ3) is 4.22. The van der Waals surface area contributed by atoms with E-state index in [2.05, 4.69) is 45.2 Å². The van der Waals surface area contributed by atoms with Gasteiger partial charge in [-0.05, 0) is 17.7 Å². The van der Waals surface area contributed by atoms with E-state index in [-0.39, 0.29) is 5.92 Å². The van der Waals surface area contributed by atoms with Crippen molar-refractivity contribution in [3.05, 3.63) is 83.0 Å². The van der Waals surface area contributed by atoms with E-state index in [0.717, 1.165) is 41.5 Å². The molecule has 2 aromatic carbocycles. The SMILES string of the molecule is CNc1nc(Nc2ccc(-n3cnc(Cl)c3)c(OC)c2)nc2c1CNCC2c1ccccc1. The Morgan fingerprint density at radius 3 is 2.73 bits per heavy atom. The summed E-state index contributed by atoms with van der Waals surface area (Å²) in [4.78, 5) is 13.7. The lowest BCUT2D eigenvalue weighted by molar-refractivity contribution is 0.413. The molecule has 0 bridgehead atoms. The van der Waals surface area contributed by atoms with Gasteiger partial charge in [0.05, 0.1) is 18.5 Å². The van der Waals surface area contributed by atoms with Gasteiger partial charge in [-0.15, -0.1) is 0 Å². The third-order valence-electron chi connectivity index (χ3n) is 5.72. The molecule has 168 valence electrons. The van der Waals surface area contributed by atoms with Crippen LogP contribution in [-0.2, 0) is 6.54 Å². The molecule has 3 N–H and O–H groups in total. The number of benzene rings is 2. The predicted octanol–water partition coefficient (Wildman–Crippen LogP) is 4.34. The summed E-state index contributed by atoms with van der Waals surface area (Å²) in [5, 5.41) is 10.5. The fraction of sp³-hybridized carbons (Fsp3) is 0.208. The van der Waals surface area contributed by atoms with E-state index >= 15 is 0 Å². The fourth-order valence-corrected chi connectivity index (χ4v) is 4.30. The van der Waals surface area contributed by atoms with Crippen molar-refractivity contribution in [2.45, 2.75) is 12.5 Å². The van der Waals surface area contributed by atoms with Gasteiger partial charge in [-0.1, -0.05) is 41.9 Å². The number of fused-ring (bicyclic) bond motifs is 1. The van der Waals surface area contributed by atoms with Gasteiger partial charge in [0.1, 0.15) is 23.0 Å². The fourth-order valence-electron chi connectivity index (χ4n) is 4.15. The first kappa shape index (κ1) is 21.2. The Morgan fingerprint density at radius 2 is 2.00 bits per heavy atom. The summed E-state index contributed by atoms with van der Waals surface area (Å²) < 4.78 is 7.42. The maximum atomic E-state index is 5.97. The van der Waals surface area contributed by atoms with E-state index in [1.807, 2.05) is 35.9 Å². The van der Waals surface area contributed by atoms with Crippen LogP contribution in [0.1, 0.15) is 22.7 Å². The van der Waals surface area contributed by atoms with Crippen LogP contribution in [0.15, 0.2) is 61.1 Å². The van der Waals surface area contributed by atoms with Crippen LogP contribution < -0.4 is 20.7 Å². The second-order valence-corrected chi connectivity index (χ2v) is 8.11. The molecule has 4 aromatic rings. The Kier molecular flexibility index (Phi) is 5.85. The summed E-state index contributed by atoms with van der Waals surface area (Å²) >= 11 is 5.97. The van der Waals surface area contributed by atoms with E-state index in [9.17, 15) is 0 Å². The second-order valence-electron chi connectivity index (χ2n) is 7.72. The molecule has 5 rings (SSSR count). The van der Waals surface area contributed by atoms with Crippen molar-refractivity contribution in [3.63, 3.8) is 0 Å². The van der Waals surface area contributed by atoms with Gasteiger partial charge in [0.15, 0.2) is 0 Å². The van der Waals surface area contributed by atoms with Crippen molar-refractivity contribution < 1.29 is 4.74 Å². The van der Waals surface area contributed by atoms with Gasteiger partial charge in [0, 0.05) is 49.6 Å². The molecule has 2 aromatic heterocycles. The predicted molar refractivity (Wildman–Crippen MR) is 130 cm³/mol. The number of imidazole rings is 1. The monoisotopic (exact) mass is 461 g/mol. The van der Waals surface area contributed by atoms with Crippen LogP contribution in [0.4, 0.5) is 17.5 Å². The van der Waals surface area contributed by atoms with E-state index < -0.39 is 0 Å². The smallest absolute Gasteiger partial charge is 0.229 e. The quantitative estimate of drug-likeness (QED) is 0.393. The molecule has 9 heteroatoms. The number of hydrogen-bond acceptors (Lipinski definition) is 7. The molecule has 8 nitrogen and oxygen atoms in total. The molecule has 0 fully saturated rings. The van der Waals surface area contributed by atoms with Crippen molar-refractivity contribution in [2.24, 2.45) is 0 Å². The van der Waals surface area contributed by atoms with Crippen LogP contribution in [0, 0.1) is 0 Å². The molecule has 3 heterocycles. The number of nitrogens with zero attached hydrogens (tertiary/aromatic N) is 4. The maximum absolute atomic E-state index is 5.97. The van der Waals surface area contributed by atoms with Crippen LogP contribution in [0.5, 0.6) is 5.75 Å². The zero-order chi connectivity index (χ0) is 22.8. The Bertz CT molecular complexity index is 1280. The lowest BCUT2D eigenvalue weighted by Gasteiger charge is -2.27. The highest BCUT2D eigenvalue weighted by molar-refractivity contribution is 6.29. The average Bonchev–Trinajstić information content (AvgIpc) is 3.29. The highest BCUT2D eigenvalue weighted by Crippen LogP contribution is 2.34. The molecular weight excluding hydrogens is 438 g/mol. The van der Waals surface area contributed by atoms with Crippen LogP contribution >= 0.6 is 11.6 Å². The number of methoxy groups -OCH3 is 1. The first-order chi connectivity index (χ1) is 16.2. The minimum absolute atomic E-state index is 0.147. The van der Waals surface area contributed by atoms with Crippen LogP contribution in [0.2, 0.25) is 5.15 Å². The normalized spacial score (nSPS) is 15.1. The molecule has 0 amide bonds. The second kappa shape index (κ2) is 9.09. The standard InChI is InChI=1S/C24H24ClN7O/c1-26-23-18-12-27-11-17(15-6-4-3-5-7-15)22(18)30-24(31-23)29-16-8-9-19(20(10-16)33-2)32-13-21(25)28-14-32/h3-10,13-14,17,27H,11-12H2,1-2H3,(H2,26,29,30,31). The summed E-state index contributed by atoms with van der Waals surface area (Å²) in [5.74, 6) is 2.16. The van der Waals surface area contributed by atoms with Gasteiger partial charge in [-0.3, -0.25) is 0 Å². The minimum Gasteiger partial charge on any atom is -0.494 e. The highest BCUT2D eigenvalue weighted by atomic mass is 35.5. The third-order valence-corrected chi connectivity index (χ3v) is 5.92. The summed E-state index contributed by atoms with van der Waals surface area (Å²) in [6.45, 7) is 1.55. The molecule has 0 saturated heterocycles. The summed E-state index contributed by atoms with van der Waals surface area (Å²) in [7, 11) is 3.51. The Morgan fingerprint density at radius 1 is 1.15 bits per heavy atom. The Hall–Kier alpha value is -3.62. The van der Waals surface area contributed by atoms with Gasteiger partial charge in [-0.25, -0.2) is 9.97 Å². The van der Waals surface area contributed by atoms with Crippen molar-refractivity contribution >= 4 is 29.1 Å². The molecule has 0 radical (unpaired) electrons. The first-order valence-corrected chi connectivity index (χ1v) is 11.0. The van der Waals surface area contributed by atoms with Crippen molar-refractivity contribution in [1.29, 1.82) is 0 Å². The lowest BCUT2D eigenvalue weighted by Crippen LogP contribution is -2.31. The molecule has 0 aliphatic carbocycles. The summed E-state index contributed by atoms with van der Waals surface area (Å²) in [6, 6.07) is 16.2. The summed E-state index contributed by atoms with van der Waals surface area (Å²) in [6.07, 6.45) is 3.38. The topological polar surface area (TPSA) is 88.9 Å². The number of anilines is 3. The highest BCUT2D eigenvalue weighted by Gasteiger charge is 2.26. The van der Waals surface area contributed by atoms with Crippen LogP contribution in [0.3, 0.4) is 0 Å². The van der Waals surface area contributed by atoms with Crippen molar-refractivity contribution in [2.75, 3.05) is 31.3 Å². The van der Waals surface area contributed by atoms with E-state index in [1.165, 1.54) is 5.56 Å². The zero-order valence-corrected chi connectivity index (χ0v) is 19.1. The Labute approximate surface area is 197 Å². The molecule has 0 spiro atoms. The number of halogens is 1. The van der Waals surface area contributed by atoms with E-state index in [4.69, 9.17) is 26.3 Å². The molecule has 1 aliphatic rings. The molecule has 0 saturated carbocycles. The van der Waals surface area contributed by atoms with Crippen molar-refractivity contribution in [3.8, 4) is 11.4 Å². The minimum atomic E-state index is 0.147. The molecule has 33 heavy (non-hydrogen) atoms. The number of hydrogen-bond donors (Lipinski definition) is 3. The lowest BCUT2D eigenvalue weighted by atomic mass is 9.90. The van der Waals surface area contributed by atoms with Crippen LogP contribution in [0.25, 0.3) is 5.69 Å². The van der Waals surface area contributed by atoms with Gasteiger partial charge in [0.25, 0.3) is 0 Å². The zero-order valence-electron chi connectivity index (χ0n) is 18.3. The first-order valence-electron chi connectivity index (χ1n) is 10.7. The average molecular weight is 462 g/mol. The maximum Gasteiger partial charge on any atom is 0.229 e. The van der Waals surface area contributed by atoms with Gasteiger partial charge < -0.3 is 25.3 Å². The van der Waals surface area contributed by atoms with E-state index in [0.29, 0.717) is 16.9 Å².